The summed E-state index contributed by atoms with van der Waals surface area (Å²) >= 11 is 5.72. The van der Waals surface area contributed by atoms with Gasteiger partial charge in [0, 0.05) is 17.1 Å². The van der Waals surface area contributed by atoms with Crippen LogP contribution < -0.4 is 0 Å². The summed E-state index contributed by atoms with van der Waals surface area (Å²) in [6, 6.07) is 3.35. The van der Waals surface area contributed by atoms with E-state index >= 15 is 0 Å². The predicted octanol–water partition coefficient (Wildman–Crippen LogP) is 2.02. The molecule has 2 rings (SSSR count). The van der Waals surface area contributed by atoms with Crippen LogP contribution in [0.25, 0.3) is 0 Å². The summed E-state index contributed by atoms with van der Waals surface area (Å²) in [5, 5.41) is 10.0. The maximum Gasteiger partial charge on any atom is 0.342 e. The third kappa shape index (κ3) is 4.88. The van der Waals surface area contributed by atoms with Crippen molar-refractivity contribution in [2.45, 2.75) is 38.8 Å². The number of halogens is 1. The van der Waals surface area contributed by atoms with Crippen molar-refractivity contribution in [3.05, 3.63) is 28.8 Å². The van der Waals surface area contributed by atoms with Gasteiger partial charge in [-0.05, 0) is 38.0 Å². The van der Waals surface area contributed by atoms with Gasteiger partial charge in [0.2, 0.25) is 0 Å². The largest absolute Gasteiger partial charge is 0.507 e. The first kappa shape index (κ1) is 20.5. The normalized spacial score (nSPS) is 19.7. The Morgan fingerprint density at radius 1 is 1.42 bits per heavy atom. The summed E-state index contributed by atoms with van der Waals surface area (Å²) in [6.07, 6.45) is 1.03. The molecule has 1 aliphatic heterocycles. The van der Waals surface area contributed by atoms with Crippen molar-refractivity contribution in [3.63, 3.8) is 0 Å². The molecule has 0 spiro atoms. The Bertz CT molecular complexity index is 794. The third-order valence-electron chi connectivity index (χ3n) is 4.46. The molecule has 1 aromatic carbocycles. The van der Waals surface area contributed by atoms with Gasteiger partial charge in [0.1, 0.15) is 11.3 Å². The quantitative estimate of drug-likeness (QED) is 0.729. The van der Waals surface area contributed by atoms with Gasteiger partial charge in [-0.25, -0.2) is 13.2 Å². The molecule has 1 heterocycles. The topological polar surface area (TPSA) is 101 Å². The Morgan fingerprint density at radius 3 is 2.65 bits per heavy atom. The lowest BCUT2D eigenvalue weighted by Gasteiger charge is -2.33. The van der Waals surface area contributed by atoms with Gasteiger partial charge in [0.05, 0.1) is 11.5 Å². The molecule has 144 valence electrons. The van der Waals surface area contributed by atoms with E-state index in [1.165, 1.54) is 23.1 Å². The molecule has 1 N–H and O–H groups in total. The van der Waals surface area contributed by atoms with Gasteiger partial charge in [-0.2, -0.15) is 0 Å². The van der Waals surface area contributed by atoms with E-state index < -0.39 is 34.4 Å². The molecular weight excluding hydrogens is 382 g/mol. The Labute approximate surface area is 157 Å². The second-order valence-corrected chi connectivity index (χ2v) is 9.02. The van der Waals surface area contributed by atoms with E-state index in [4.69, 9.17) is 16.3 Å². The van der Waals surface area contributed by atoms with Crippen molar-refractivity contribution in [1.29, 1.82) is 0 Å². The van der Waals surface area contributed by atoms with E-state index in [-0.39, 0.29) is 33.9 Å². The fourth-order valence-corrected chi connectivity index (χ4v) is 4.84. The van der Waals surface area contributed by atoms with Crippen LogP contribution >= 0.6 is 11.6 Å². The van der Waals surface area contributed by atoms with E-state index in [0.29, 0.717) is 12.8 Å². The number of hydrogen-bond donors (Lipinski definition) is 1. The first-order chi connectivity index (χ1) is 12.1. The van der Waals surface area contributed by atoms with E-state index in [1.54, 1.807) is 0 Å². The second kappa shape index (κ2) is 8.26. The minimum atomic E-state index is -3.15. The summed E-state index contributed by atoms with van der Waals surface area (Å²) in [5.74, 6) is -1.67. The molecule has 1 aliphatic rings. The molecule has 1 fully saturated rings. The van der Waals surface area contributed by atoms with E-state index in [2.05, 4.69) is 0 Å². The number of hydrogen-bond acceptors (Lipinski definition) is 6. The van der Waals surface area contributed by atoms with Gasteiger partial charge >= 0.3 is 5.97 Å². The van der Waals surface area contributed by atoms with Gasteiger partial charge in [-0.3, -0.25) is 4.79 Å². The molecular formula is C17H22ClNO6S. The number of aromatic hydroxyl groups is 1. The molecule has 0 unspecified atom stereocenters. The molecule has 0 aromatic heterocycles. The highest BCUT2D eigenvalue weighted by atomic mass is 35.5. The zero-order valence-corrected chi connectivity index (χ0v) is 16.2. The fraction of sp³-hybridized carbons (Fsp3) is 0.529. The van der Waals surface area contributed by atoms with Gasteiger partial charge < -0.3 is 14.7 Å². The Balaban J connectivity index is 2.06. The fourth-order valence-electron chi connectivity index (χ4n) is 2.96. The van der Waals surface area contributed by atoms with Crippen molar-refractivity contribution in [3.8, 4) is 5.75 Å². The van der Waals surface area contributed by atoms with Crippen molar-refractivity contribution < 1.29 is 27.9 Å². The smallest absolute Gasteiger partial charge is 0.342 e. The number of rotatable bonds is 6. The molecule has 26 heavy (non-hydrogen) atoms. The van der Waals surface area contributed by atoms with Crippen LogP contribution in [0.3, 0.4) is 0 Å². The van der Waals surface area contributed by atoms with Gasteiger partial charge in [0.25, 0.3) is 5.91 Å². The highest BCUT2D eigenvalue weighted by Crippen LogP contribution is 2.24. The van der Waals surface area contributed by atoms with Crippen LogP contribution in [0.1, 0.15) is 37.0 Å². The number of benzene rings is 1. The number of nitrogens with zero attached hydrogens (tertiary/aromatic N) is 1. The number of ether oxygens (including phenoxy) is 1. The lowest BCUT2D eigenvalue weighted by molar-refractivity contribution is -0.138. The molecule has 0 saturated carbocycles. The SMILES string of the molecule is CC[C@H](C)N(C(=O)COC(=O)c1ccc(Cl)cc1O)[C@H]1CCS(=O)(=O)C1. The molecule has 0 aliphatic carbocycles. The molecule has 7 nitrogen and oxygen atoms in total. The molecule has 0 radical (unpaired) electrons. The first-order valence-electron chi connectivity index (χ1n) is 8.32. The number of carbonyl (C=O) groups excluding carboxylic acids is 2. The van der Waals surface area contributed by atoms with Gasteiger partial charge in [0.15, 0.2) is 16.4 Å². The predicted molar refractivity (Wildman–Crippen MR) is 97.1 cm³/mol. The number of carbonyl (C=O) groups is 2. The molecule has 1 amide bonds. The second-order valence-electron chi connectivity index (χ2n) is 6.35. The van der Waals surface area contributed by atoms with Crippen LogP contribution in [-0.4, -0.2) is 60.5 Å². The summed E-state index contributed by atoms with van der Waals surface area (Å²) in [4.78, 5) is 26.2. The highest BCUT2D eigenvalue weighted by Gasteiger charge is 2.36. The van der Waals surface area contributed by atoms with Crippen LogP contribution in [0.15, 0.2) is 18.2 Å². The van der Waals surface area contributed by atoms with Crippen molar-refractivity contribution >= 4 is 33.3 Å². The minimum Gasteiger partial charge on any atom is -0.507 e. The first-order valence-corrected chi connectivity index (χ1v) is 10.5. The van der Waals surface area contributed by atoms with Crippen molar-refractivity contribution in [2.75, 3.05) is 18.1 Å². The van der Waals surface area contributed by atoms with Crippen LogP contribution in [0, 0.1) is 0 Å². The number of sulfone groups is 1. The van der Waals surface area contributed by atoms with Gasteiger partial charge in [-0.1, -0.05) is 18.5 Å². The minimum absolute atomic E-state index is 0.0519. The van der Waals surface area contributed by atoms with E-state index in [9.17, 15) is 23.1 Å². The highest BCUT2D eigenvalue weighted by molar-refractivity contribution is 7.91. The molecule has 9 heteroatoms. The monoisotopic (exact) mass is 403 g/mol. The van der Waals surface area contributed by atoms with Gasteiger partial charge in [-0.15, -0.1) is 0 Å². The lowest BCUT2D eigenvalue weighted by atomic mass is 10.1. The number of esters is 1. The average molecular weight is 404 g/mol. The molecule has 1 saturated heterocycles. The Morgan fingerprint density at radius 2 is 2.12 bits per heavy atom. The maximum atomic E-state index is 12.6. The number of phenols is 1. The standard InChI is InChI=1S/C17H22ClNO6S/c1-3-11(2)19(13-6-7-26(23,24)10-13)16(21)9-25-17(22)14-5-4-12(18)8-15(14)20/h4-5,8,11,13,20H,3,6-7,9-10H2,1-2H3/t11-,13-/m0/s1. The van der Waals surface area contributed by atoms with E-state index in [1.807, 2.05) is 13.8 Å². The summed E-state index contributed by atoms with van der Waals surface area (Å²) in [5.41, 5.74) is -0.0965. The average Bonchev–Trinajstić information content (AvgIpc) is 2.92. The molecule has 1 aromatic rings. The molecule has 2 atom stereocenters. The van der Waals surface area contributed by atoms with Crippen LogP contribution in [0.4, 0.5) is 0 Å². The summed E-state index contributed by atoms with van der Waals surface area (Å²) in [6.45, 7) is 3.20. The third-order valence-corrected chi connectivity index (χ3v) is 6.45. The van der Waals surface area contributed by atoms with E-state index in [0.717, 1.165) is 0 Å². The Hall–Kier alpha value is -1.80. The Kier molecular flexibility index (Phi) is 6.52. The van der Waals surface area contributed by atoms with Crippen molar-refractivity contribution in [2.24, 2.45) is 0 Å². The number of amides is 1. The van der Waals surface area contributed by atoms with Crippen molar-refractivity contribution in [1.82, 2.24) is 4.90 Å². The zero-order chi connectivity index (χ0) is 19.5. The lowest BCUT2D eigenvalue weighted by Crippen LogP contribution is -2.48. The zero-order valence-electron chi connectivity index (χ0n) is 14.6. The van der Waals surface area contributed by atoms with Crippen LogP contribution in [0.2, 0.25) is 5.02 Å². The summed E-state index contributed by atoms with van der Waals surface area (Å²) in [7, 11) is -3.15. The number of phenolic OH excluding ortho intramolecular Hbond substituents is 1. The summed E-state index contributed by atoms with van der Waals surface area (Å²) < 4.78 is 28.5. The van der Waals surface area contributed by atoms with Crippen LogP contribution in [-0.2, 0) is 19.4 Å². The maximum absolute atomic E-state index is 12.6. The molecule has 0 bridgehead atoms. The van der Waals surface area contributed by atoms with Crippen LogP contribution in [0.5, 0.6) is 5.75 Å².